The Kier molecular flexibility index (Phi) is 3.08. The molecular formula is C9H14N2O. The van der Waals surface area contributed by atoms with Gasteiger partial charge in [-0.15, -0.1) is 0 Å². The number of benzene rings is 1. The van der Waals surface area contributed by atoms with Gasteiger partial charge < -0.3 is 16.6 Å². The molecule has 12 heavy (non-hydrogen) atoms. The average Bonchev–Trinajstić information content (AvgIpc) is 2.05. The van der Waals surface area contributed by atoms with Gasteiger partial charge in [0.15, 0.2) is 0 Å². The molecule has 66 valence electrons. The summed E-state index contributed by atoms with van der Waals surface area (Å²) in [7, 11) is 0. The Bertz CT molecular complexity index is 250. The van der Waals surface area contributed by atoms with Crippen molar-refractivity contribution in [1.29, 1.82) is 0 Å². The van der Waals surface area contributed by atoms with E-state index in [0.29, 0.717) is 6.54 Å². The lowest BCUT2D eigenvalue weighted by atomic mass is 10.0. The van der Waals surface area contributed by atoms with Gasteiger partial charge in [-0.2, -0.15) is 0 Å². The first-order valence-electron chi connectivity index (χ1n) is 3.98. The minimum atomic E-state index is -0.0675. The van der Waals surface area contributed by atoms with Gasteiger partial charge in [-0.1, -0.05) is 12.1 Å². The van der Waals surface area contributed by atoms with Crippen molar-refractivity contribution in [2.45, 2.75) is 12.5 Å². The zero-order chi connectivity index (χ0) is 8.97. The predicted octanol–water partition coefficient (Wildman–Crippen LogP) is 0.741. The molecule has 0 spiro atoms. The van der Waals surface area contributed by atoms with Crippen LogP contribution in [-0.2, 0) is 0 Å². The highest BCUT2D eigenvalue weighted by atomic mass is 16.3. The Hall–Kier alpha value is -1.06. The molecule has 3 heteroatoms. The lowest BCUT2D eigenvalue weighted by Gasteiger charge is -2.10. The van der Waals surface area contributed by atoms with E-state index in [9.17, 15) is 0 Å². The maximum atomic E-state index is 9.14. The second-order valence-corrected chi connectivity index (χ2v) is 2.78. The van der Waals surface area contributed by atoms with Crippen molar-refractivity contribution >= 4 is 0 Å². The number of hydrogen-bond acceptors (Lipinski definition) is 3. The molecule has 1 aromatic rings. The van der Waals surface area contributed by atoms with E-state index in [1.54, 1.807) is 18.2 Å². The van der Waals surface area contributed by atoms with Crippen LogP contribution in [0.25, 0.3) is 0 Å². The number of rotatable bonds is 3. The molecule has 0 fully saturated rings. The van der Waals surface area contributed by atoms with Gasteiger partial charge in [-0.25, -0.2) is 0 Å². The van der Waals surface area contributed by atoms with Gasteiger partial charge in [0.2, 0.25) is 0 Å². The van der Waals surface area contributed by atoms with Crippen molar-refractivity contribution in [3.05, 3.63) is 29.8 Å². The van der Waals surface area contributed by atoms with Crippen molar-refractivity contribution in [1.82, 2.24) is 0 Å². The second kappa shape index (κ2) is 4.09. The lowest BCUT2D eigenvalue weighted by Crippen LogP contribution is -2.14. The fraction of sp³-hybridized carbons (Fsp3) is 0.333. The molecule has 0 aromatic heterocycles. The predicted molar refractivity (Wildman–Crippen MR) is 48.7 cm³/mol. The normalized spacial score (nSPS) is 12.8. The van der Waals surface area contributed by atoms with Crippen LogP contribution in [0.2, 0.25) is 0 Å². The highest BCUT2D eigenvalue weighted by Gasteiger charge is 2.04. The summed E-state index contributed by atoms with van der Waals surface area (Å²) in [5, 5.41) is 9.14. The van der Waals surface area contributed by atoms with E-state index >= 15 is 0 Å². The molecule has 0 amide bonds. The summed E-state index contributed by atoms with van der Waals surface area (Å²) in [6.07, 6.45) is 0.740. The quantitative estimate of drug-likeness (QED) is 0.620. The summed E-state index contributed by atoms with van der Waals surface area (Å²) in [4.78, 5) is 0. The van der Waals surface area contributed by atoms with E-state index in [4.69, 9.17) is 16.6 Å². The molecule has 0 saturated carbocycles. The minimum Gasteiger partial charge on any atom is -0.508 e. The third-order valence-electron chi connectivity index (χ3n) is 1.78. The molecule has 0 aliphatic carbocycles. The Labute approximate surface area is 72.0 Å². The molecular weight excluding hydrogens is 152 g/mol. The van der Waals surface area contributed by atoms with Gasteiger partial charge in [0, 0.05) is 6.04 Å². The summed E-state index contributed by atoms with van der Waals surface area (Å²) < 4.78 is 0. The van der Waals surface area contributed by atoms with Crippen LogP contribution < -0.4 is 11.5 Å². The standard InChI is InChI=1S/C9H14N2O/c10-5-4-9(11)7-2-1-3-8(12)6-7/h1-3,6,9,12H,4-5,10-11H2/t9-/m0/s1. The van der Waals surface area contributed by atoms with Crippen LogP contribution in [0.5, 0.6) is 5.75 Å². The molecule has 3 nitrogen and oxygen atoms in total. The van der Waals surface area contributed by atoms with Crippen molar-refractivity contribution in [3.8, 4) is 5.75 Å². The molecule has 0 aliphatic rings. The van der Waals surface area contributed by atoms with Crippen molar-refractivity contribution in [3.63, 3.8) is 0 Å². The number of hydrogen-bond donors (Lipinski definition) is 3. The summed E-state index contributed by atoms with van der Waals surface area (Å²) in [5.41, 5.74) is 12.1. The van der Waals surface area contributed by atoms with Crippen molar-refractivity contribution in [2.24, 2.45) is 11.5 Å². The summed E-state index contributed by atoms with van der Waals surface area (Å²) in [6.45, 7) is 0.566. The van der Waals surface area contributed by atoms with Crippen LogP contribution >= 0.6 is 0 Å². The number of aromatic hydroxyl groups is 1. The van der Waals surface area contributed by atoms with Crippen LogP contribution in [0.3, 0.4) is 0 Å². The fourth-order valence-corrected chi connectivity index (χ4v) is 1.10. The van der Waals surface area contributed by atoms with Crippen LogP contribution in [-0.4, -0.2) is 11.7 Å². The first-order chi connectivity index (χ1) is 5.74. The van der Waals surface area contributed by atoms with E-state index in [1.165, 1.54) is 0 Å². The van der Waals surface area contributed by atoms with Crippen LogP contribution in [0.1, 0.15) is 18.0 Å². The van der Waals surface area contributed by atoms with Gasteiger partial charge in [0.25, 0.3) is 0 Å². The molecule has 0 aliphatic heterocycles. The first kappa shape index (κ1) is 9.03. The van der Waals surface area contributed by atoms with Crippen molar-refractivity contribution in [2.75, 3.05) is 6.54 Å². The van der Waals surface area contributed by atoms with Crippen molar-refractivity contribution < 1.29 is 5.11 Å². The Morgan fingerprint density at radius 3 is 2.75 bits per heavy atom. The highest BCUT2D eigenvalue weighted by molar-refractivity contribution is 5.29. The van der Waals surface area contributed by atoms with E-state index in [1.807, 2.05) is 6.07 Å². The van der Waals surface area contributed by atoms with Gasteiger partial charge in [-0.05, 0) is 30.7 Å². The molecule has 0 bridgehead atoms. The third kappa shape index (κ3) is 2.22. The lowest BCUT2D eigenvalue weighted by molar-refractivity contribution is 0.473. The Balaban J connectivity index is 2.73. The molecule has 0 unspecified atom stereocenters. The van der Waals surface area contributed by atoms with Gasteiger partial charge in [0.1, 0.15) is 5.75 Å². The molecule has 0 saturated heterocycles. The van der Waals surface area contributed by atoms with Crippen LogP contribution in [0.15, 0.2) is 24.3 Å². The highest BCUT2D eigenvalue weighted by Crippen LogP contribution is 2.17. The fourth-order valence-electron chi connectivity index (χ4n) is 1.10. The number of phenols is 1. The van der Waals surface area contributed by atoms with Gasteiger partial charge >= 0.3 is 0 Å². The third-order valence-corrected chi connectivity index (χ3v) is 1.78. The maximum absolute atomic E-state index is 9.14. The zero-order valence-corrected chi connectivity index (χ0v) is 6.90. The molecule has 5 N–H and O–H groups in total. The maximum Gasteiger partial charge on any atom is 0.115 e. The van der Waals surface area contributed by atoms with Crippen LogP contribution in [0.4, 0.5) is 0 Å². The summed E-state index contributed by atoms with van der Waals surface area (Å²) in [5.74, 6) is 0.250. The van der Waals surface area contributed by atoms with E-state index in [2.05, 4.69) is 0 Å². The second-order valence-electron chi connectivity index (χ2n) is 2.78. The van der Waals surface area contributed by atoms with E-state index in [-0.39, 0.29) is 11.8 Å². The van der Waals surface area contributed by atoms with Gasteiger partial charge in [0.05, 0.1) is 0 Å². The first-order valence-corrected chi connectivity index (χ1v) is 3.98. The van der Waals surface area contributed by atoms with Gasteiger partial charge in [-0.3, -0.25) is 0 Å². The number of nitrogens with two attached hydrogens (primary N) is 2. The monoisotopic (exact) mass is 166 g/mol. The average molecular weight is 166 g/mol. The van der Waals surface area contributed by atoms with E-state index < -0.39 is 0 Å². The Morgan fingerprint density at radius 1 is 1.42 bits per heavy atom. The minimum absolute atomic E-state index is 0.0675. The molecule has 1 rings (SSSR count). The molecule has 0 radical (unpaired) electrons. The number of phenolic OH excluding ortho intramolecular Hbond substituents is 1. The van der Waals surface area contributed by atoms with E-state index in [0.717, 1.165) is 12.0 Å². The summed E-state index contributed by atoms with van der Waals surface area (Å²) >= 11 is 0. The molecule has 1 aromatic carbocycles. The topological polar surface area (TPSA) is 72.3 Å². The smallest absolute Gasteiger partial charge is 0.115 e. The zero-order valence-electron chi connectivity index (χ0n) is 6.90. The SMILES string of the molecule is NCC[C@H](N)c1cccc(O)c1. The Morgan fingerprint density at radius 2 is 2.17 bits per heavy atom. The largest absolute Gasteiger partial charge is 0.508 e. The summed E-state index contributed by atoms with van der Waals surface area (Å²) in [6, 6.07) is 6.89. The molecule has 0 heterocycles. The van der Waals surface area contributed by atoms with Crippen LogP contribution in [0, 0.1) is 0 Å². The molecule has 1 atom stereocenters.